The van der Waals surface area contributed by atoms with Gasteiger partial charge in [-0.1, -0.05) is 31.9 Å². The molecule has 0 bridgehead atoms. The van der Waals surface area contributed by atoms with Crippen LogP contribution in [-0.4, -0.2) is 48.7 Å². The Balaban J connectivity index is 1.83. The van der Waals surface area contributed by atoms with Crippen molar-refractivity contribution in [1.29, 1.82) is 0 Å². The van der Waals surface area contributed by atoms with Gasteiger partial charge in [0.2, 0.25) is 0 Å². The van der Waals surface area contributed by atoms with Gasteiger partial charge in [0.25, 0.3) is 0 Å². The molecule has 8 nitrogen and oxygen atoms in total. The number of rotatable bonds is 11. The first-order valence-corrected chi connectivity index (χ1v) is 11.5. The molecule has 1 aromatic heterocycles. The van der Waals surface area contributed by atoms with Gasteiger partial charge in [-0.3, -0.25) is 5.32 Å². The molecule has 2 aromatic rings. The topological polar surface area (TPSA) is 94.1 Å². The SMILES string of the molecule is CCCCCNC1c2c(ccn2Cc2ccc(/C=C/C(=O)OCC)cc2OC)N=C(N)N1C. The third kappa shape index (κ3) is 5.96. The zero-order valence-corrected chi connectivity index (χ0v) is 20.0. The average Bonchev–Trinajstić information content (AvgIpc) is 3.20. The minimum absolute atomic E-state index is 0.0536. The number of nitrogens with two attached hydrogens (primary N) is 1. The molecule has 1 aliphatic rings. The van der Waals surface area contributed by atoms with Gasteiger partial charge in [0.05, 0.1) is 31.6 Å². The number of hydrogen-bond acceptors (Lipinski definition) is 7. The molecule has 0 radical (unpaired) electrons. The molecule has 3 N–H and O–H groups in total. The van der Waals surface area contributed by atoms with Gasteiger partial charge in [0.1, 0.15) is 11.9 Å². The smallest absolute Gasteiger partial charge is 0.330 e. The number of carbonyl (C=O) groups is 1. The third-order valence-corrected chi connectivity index (χ3v) is 5.70. The summed E-state index contributed by atoms with van der Waals surface area (Å²) in [4.78, 5) is 18.2. The second-order valence-corrected chi connectivity index (χ2v) is 8.02. The van der Waals surface area contributed by atoms with Crippen LogP contribution in [0.25, 0.3) is 6.08 Å². The number of aliphatic imine (C=N–C) groups is 1. The van der Waals surface area contributed by atoms with E-state index in [2.05, 4.69) is 21.8 Å². The largest absolute Gasteiger partial charge is 0.496 e. The molecule has 178 valence electrons. The molecule has 1 aromatic carbocycles. The van der Waals surface area contributed by atoms with Gasteiger partial charge < -0.3 is 24.7 Å². The zero-order valence-electron chi connectivity index (χ0n) is 20.0. The molecule has 0 aliphatic carbocycles. The van der Waals surface area contributed by atoms with Crippen molar-refractivity contribution in [3.63, 3.8) is 0 Å². The molecule has 8 heteroatoms. The van der Waals surface area contributed by atoms with Crippen LogP contribution in [0.1, 0.15) is 56.1 Å². The highest BCUT2D eigenvalue weighted by Gasteiger charge is 2.29. The van der Waals surface area contributed by atoms with Crippen LogP contribution < -0.4 is 15.8 Å². The number of carbonyl (C=O) groups excluding carboxylic acids is 1. The van der Waals surface area contributed by atoms with E-state index in [1.54, 1.807) is 20.1 Å². The minimum atomic E-state index is -0.360. The maximum Gasteiger partial charge on any atom is 0.330 e. The Labute approximate surface area is 196 Å². The van der Waals surface area contributed by atoms with Crippen molar-refractivity contribution in [2.75, 3.05) is 27.3 Å². The predicted octanol–water partition coefficient (Wildman–Crippen LogP) is 3.79. The van der Waals surface area contributed by atoms with Crippen LogP contribution in [0, 0.1) is 0 Å². The van der Waals surface area contributed by atoms with Crippen molar-refractivity contribution in [3.8, 4) is 5.75 Å². The van der Waals surface area contributed by atoms with Crippen LogP contribution in [0.4, 0.5) is 5.69 Å². The van der Waals surface area contributed by atoms with E-state index in [1.165, 1.54) is 18.9 Å². The zero-order chi connectivity index (χ0) is 23.8. The highest BCUT2D eigenvalue weighted by molar-refractivity contribution is 5.87. The Hall–Kier alpha value is -3.26. The first kappa shape index (κ1) is 24.4. The molecule has 1 aliphatic heterocycles. The van der Waals surface area contributed by atoms with Gasteiger partial charge in [-0.05, 0) is 43.7 Å². The number of nitrogens with one attached hydrogen (secondary N) is 1. The van der Waals surface area contributed by atoms with Gasteiger partial charge in [-0.25, -0.2) is 9.79 Å². The summed E-state index contributed by atoms with van der Waals surface area (Å²) in [5.41, 5.74) is 10.0. The van der Waals surface area contributed by atoms with E-state index in [0.717, 1.165) is 41.2 Å². The Morgan fingerprint density at radius 2 is 2.09 bits per heavy atom. The predicted molar refractivity (Wildman–Crippen MR) is 132 cm³/mol. The quantitative estimate of drug-likeness (QED) is 0.305. The third-order valence-electron chi connectivity index (χ3n) is 5.70. The van der Waals surface area contributed by atoms with Crippen molar-refractivity contribution >= 4 is 23.7 Å². The molecule has 0 fully saturated rings. The number of fused-ring (bicyclic) bond motifs is 1. The summed E-state index contributed by atoms with van der Waals surface area (Å²) in [5.74, 6) is 0.896. The molecule has 0 spiro atoms. The number of methoxy groups -OCH3 is 1. The number of nitrogens with zero attached hydrogens (tertiary/aromatic N) is 3. The molecular weight excluding hydrogens is 418 g/mol. The molecule has 0 saturated carbocycles. The second-order valence-electron chi connectivity index (χ2n) is 8.02. The lowest BCUT2D eigenvalue weighted by Gasteiger charge is -2.34. The number of unbranched alkanes of at least 4 members (excludes halogenated alkanes) is 2. The minimum Gasteiger partial charge on any atom is -0.496 e. The highest BCUT2D eigenvalue weighted by Crippen LogP contribution is 2.34. The molecular formula is C25H35N5O3. The first-order valence-electron chi connectivity index (χ1n) is 11.5. The van der Waals surface area contributed by atoms with Gasteiger partial charge in [0.15, 0.2) is 5.96 Å². The molecule has 2 heterocycles. The second kappa shape index (κ2) is 11.6. The van der Waals surface area contributed by atoms with Crippen LogP contribution in [0.5, 0.6) is 5.75 Å². The maximum atomic E-state index is 11.6. The lowest BCUT2D eigenvalue weighted by molar-refractivity contribution is -0.137. The van der Waals surface area contributed by atoms with Crippen LogP contribution >= 0.6 is 0 Å². The summed E-state index contributed by atoms with van der Waals surface area (Å²) >= 11 is 0. The monoisotopic (exact) mass is 453 g/mol. The van der Waals surface area contributed by atoms with Gasteiger partial charge in [0, 0.05) is 24.9 Å². The van der Waals surface area contributed by atoms with E-state index in [1.807, 2.05) is 42.4 Å². The summed E-state index contributed by atoms with van der Waals surface area (Å²) in [5, 5.41) is 3.64. The van der Waals surface area contributed by atoms with Crippen molar-refractivity contribution < 1.29 is 14.3 Å². The van der Waals surface area contributed by atoms with Crippen LogP contribution in [0.2, 0.25) is 0 Å². The summed E-state index contributed by atoms with van der Waals surface area (Å²) in [6, 6.07) is 7.90. The number of esters is 1. The summed E-state index contributed by atoms with van der Waals surface area (Å²) in [7, 11) is 3.61. The maximum absolute atomic E-state index is 11.6. The molecule has 1 unspecified atom stereocenters. The molecule has 3 rings (SSSR count). The van der Waals surface area contributed by atoms with E-state index >= 15 is 0 Å². The Morgan fingerprint density at radius 3 is 2.82 bits per heavy atom. The lowest BCUT2D eigenvalue weighted by Crippen LogP contribution is -2.46. The van der Waals surface area contributed by atoms with Crippen molar-refractivity contribution in [3.05, 3.63) is 53.4 Å². The average molecular weight is 454 g/mol. The molecule has 0 saturated heterocycles. The fourth-order valence-corrected chi connectivity index (χ4v) is 3.90. The van der Waals surface area contributed by atoms with Gasteiger partial charge in [-0.15, -0.1) is 0 Å². The Bertz CT molecular complexity index is 1010. The number of hydrogen-bond donors (Lipinski definition) is 2. The lowest BCUT2D eigenvalue weighted by atomic mass is 10.1. The van der Waals surface area contributed by atoms with Crippen molar-refractivity contribution in [2.24, 2.45) is 10.7 Å². The van der Waals surface area contributed by atoms with Crippen LogP contribution in [-0.2, 0) is 16.1 Å². The molecule has 33 heavy (non-hydrogen) atoms. The van der Waals surface area contributed by atoms with E-state index in [9.17, 15) is 4.79 Å². The van der Waals surface area contributed by atoms with Gasteiger partial charge in [-0.2, -0.15) is 0 Å². The number of aromatic nitrogens is 1. The van der Waals surface area contributed by atoms with Gasteiger partial charge >= 0.3 is 5.97 Å². The fraction of sp³-hybridized carbons (Fsp3) is 0.440. The van der Waals surface area contributed by atoms with Crippen molar-refractivity contribution in [1.82, 2.24) is 14.8 Å². The van der Waals surface area contributed by atoms with E-state index < -0.39 is 0 Å². The molecule has 0 amide bonds. The Morgan fingerprint density at radius 1 is 1.27 bits per heavy atom. The van der Waals surface area contributed by atoms with Crippen LogP contribution in [0.15, 0.2) is 41.5 Å². The number of benzene rings is 1. The first-order chi connectivity index (χ1) is 16.0. The summed E-state index contributed by atoms with van der Waals surface area (Å²) < 4.78 is 12.8. The number of ether oxygens (including phenoxy) is 2. The summed E-state index contributed by atoms with van der Waals surface area (Å²) in [6.07, 6.45) is 8.62. The van der Waals surface area contributed by atoms with Crippen LogP contribution in [0.3, 0.4) is 0 Å². The molecule has 1 atom stereocenters. The number of guanidine groups is 1. The van der Waals surface area contributed by atoms with Crippen molar-refractivity contribution in [2.45, 2.75) is 45.8 Å². The summed E-state index contributed by atoms with van der Waals surface area (Å²) in [6.45, 7) is 5.87. The highest BCUT2D eigenvalue weighted by atomic mass is 16.5. The standard InChI is InChI=1S/C25H35N5O3/c1-5-7-8-14-27-24-23-20(28-25(26)29(24)3)13-15-30(23)17-19-11-9-18(16-21(19)32-4)10-12-22(31)33-6-2/h9-13,15-16,24,27H,5-8,14,17H2,1-4H3,(H2,26,28)/b12-10+. The van der Waals surface area contributed by atoms with E-state index in [-0.39, 0.29) is 12.1 Å². The van der Waals surface area contributed by atoms with E-state index in [4.69, 9.17) is 15.2 Å². The normalized spacial score (nSPS) is 15.5. The van der Waals surface area contributed by atoms with E-state index in [0.29, 0.717) is 19.1 Å². The fourth-order valence-electron chi connectivity index (χ4n) is 3.90. The Kier molecular flexibility index (Phi) is 8.54.